The van der Waals surface area contributed by atoms with Crippen LogP contribution in [-0.2, 0) is 11.2 Å². The average Bonchev–Trinajstić information content (AvgIpc) is 2.70. The summed E-state index contributed by atoms with van der Waals surface area (Å²) in [6, 6.07) is 20.9. The fourth-order valence-corrected chi connectivity index (χ4v) is 3.03. The van der Waals surface area contributed by atoms with Crippen molar-refractivity contribution in [1.29, 1.82) is 0 Å². The number of nitrogens with zero attached hydrogens (tertiary/aromatic N) is 2. The zero-order chi connectivity index (χ0) is 18.6. The predicted octanol–water partition coefficient (Wildman–Crippen LogP) is 3.67. The molecule has 1 aliphatic heterocycles. The number of rotatable bonds is 4. The maximum absolute atomic E-state index is 13.1. The van der Waals surface area contributed by atoms with Gasteiger partial charge in [-0.25, -0.2) is 0 Å². The first-order valence-corrected chi connectivity index (χ1v) is 8.76. The molecule has 5 heteroatoms. The molecular formula is C22H19N3O2. The normalized spacial score (nSPS) is 14.7. The van der Waals surface area contributed by atoms with Crippen LogP contribution in [0.2, 0.25) is 0 Å². The Labute approximate surface area is 157 Å². The molecule has 27 heavy (non-hydrogen) atoms. The molecule has 0 bridgehead atoms. The van der Waals surface area contributed by atoms with Gasteiger partial charge in [-0.3, -0.25) is 9.78 Å². The Balaban J connectivity index is 1.68. The number of carbonyl (C=O) groups is 1. The first-order chi connectivity index (χ1) is 13.2. The van der Waals surface area contributed by atoms with Crippen LogP contribution in [0.5, 0.6) is 5.75 Å². The molecule has 5 nitrogen and oxygen atoms in total. The van der Waals surface area contributed by atoms with E-state index in [1.165, 1.54) is 0 Å². The third-order valence-corrected chi connectivity index (χ3v) is 4.38. The third-order valence-electron chi connectivity index (χ3n) is 4.38. The molecule has 4 rings (SSSR count). The lowest BCUT2D eigenvalue weighted by molar-refractivity contribution is -0.117. The molecule has 2 N–H and O–H groups in total. The molecule has 2 heterocycles. The fraction of sp³-hybridized carbons (Fsp3) is 0.0909. The molecular weight excluding hydrogens is 338 g/mol. The number of anilines is 2. The summed E-state index contributed by atoms with van der Waals surface area (Å²) in [6.07, 6.45) is 4.08. The highest BCUT2D eigenvalue weighted by Crippen LogP contribution is 2.37. The maximum Gasteiger partial charge on any atom is 0.294 e. The Hall–Kier alpha value is -3.60. The summed E-state index contributed by atoms with van der Waals surface area (Å²) in [6.45, 7) is 0.530. The molecule has 1 aromatic heterocycles. The van der Waals surface area contributed by atoms with Crippen LogP contribution in [0.1, 0.15) is 11.3 Å². The minimum Gasteiger partial charge on any atom is -0.449 e. The van der Waals surface area contributed by atoms with Crippen molar-refractivity contribution >= 4 is 23.4 Å². The van der Waals surface area contributed by atoms with Gasteiger partial charge < -0.3 is 15.4 Å². The van der Waals surface area contributed by atoms with Crippen LogP contribution in [0, 0.1) is 0 Å². The van der Waals surface area contributed by atoms with Gasteiger partial charge in [0, 0.05) is 24.5 Å². The number of benzene rings is 2. The second-order valence-corrected chi connectivity index (χ2v) is 6.28. The maximum atomic E-state index is 13.1. The van der Waals surface area contributed by atoms with E-state index >= 15 is 0 Å². The topological polar surface area (TPSA) is 68.5 Å². The average molecular weight is 357 g/mol. The van der Waals surface area contributed by atoms with Crippen LogP contribution in [0.25, 0.3) is 6.08 Å². The Kier molecular flexibility index (Phi) is 4.58. The minimum atomic E-state index is -0.199. The van der Waals surface area contributed by atoms with E-state index in [1.807, 2.05) is 36.4 Å². The van der Waals surface area contributed by atoms with Crippen LogP contribution in [0.15, 0.2) is 78.7 Å². The number of nitrogen functional groups attached to an aromatic ring is 1. The molecule has 0 saturated heterocycles. The number of hydrogen-bond donors (Lipinski definition) is 1. The van der Waals surface area contributed by atoms with Gasteiger partial charge in [0.25, 0.3) is 5.91 Å². The molecule has 0 spiro atoms. The van der Waals surface area contributed by atoms with Gasteiger partial charge in [0.2, 0.25) is 0 Å². The van der Waals surface area contributed by atoms with Gasteiger partial charge in [0.1, 0.15) is 0 Å². The van der Waals surface area contributed by atoms with Crippen LogP contribution >= 0.6 is 0 Å². The van der Waals surface area contributed by atoms with Crippen LogP contribution in [-0.4, -0.2) is 17.4 Å². The van der Waals surface area contributed by atoms with Crippen molar-refractivity contribution in [2.45, 2.75) is 6.42 Å². The summed E-state index contributed by atoms with van der Waals surface area (Å²) in [5, 5.41) is 0. The van der Waals surface area contributed by atoms with Crippen LogP contribution < -0.4 is 15.4 Å². The lowest BCUT2D eigenvalue weighted by atomic mass is 10.1. The molecule has 0 unspecified atom stereocenters. The van der Waals surface area contributed by atoms with Crippen molar-refractivity contribution in [2.75, 3.05) is 17.2 Å². The molecule has 0 fully saturated rings. The van der Waals surface area contributed by atoms with Crippen molar-refractivity contribution < 1.29 is 9.53 Å². The van der Waals surface area contributed by atoms with E-state index in [4.69, 9.17) is 10.5 Å². The smallest absolute Gasteiger partial charge is 0.294 e. The van der Waals surface area contributed by atoms with Crippen LogP contribution in [0.3, 0.4) is 0 Å². The van der Waals surface area contributed by atoms with E-state index < -0.39 is 0 Å². The van der Waals surface area contributed by atoms with Crippen molar-refractivity contribution in [1.82, 2.24) is 4.98 Å². The van der Waals surface area contributed by atoms with Crippen molar-refractivity contribution in [3.8, 4) is 5.75 Å². The number of amides is 1. The van der Waals surface area contributed by atoms with Gasteiger partial charge in [-0.1, -0.05) is 36.4 Å². The molecule has 2 aromatic carbocycles. The third kappa shape index (κ3) is 3.67. The van der Waals surface area contributed by atoms with Crippen molar-refractivity contribution in [2.24, 2.45) is 0 Å². The second kappa shape index (κ2) is 7.33. The molecule has 134 valence electrons. The molecule has 0 radical (unpaired) electrons. The summed E-state index contributed by atoms with van der Waals surface area (Å²) in [5.74, 6) is 0.660. The number of ether oxygens (including phenoxy) is 1. The summed E-state index contributed by atoms with van der Waals surface area (Å²) >= 11 is 0. The molecule has 3 aromatic rings. The summed E-state index contributed by atoms with van der Waals surface area (Å²) in [7, 11) is 0. The van der Waals surface area contributed by atoms with Crippen molar-refractivity contribution in [3.63, 3.8) is 0 Å². The number of fused-ring (bicyclic) bond motifs is 1. The van der Waals surface area contributed by atoms with E-state index in [1.54, 1.807) is 35.4 Å². The van der Waals surface area contributed by atoms with E-state index in [-0.39, 0.29) is 11.7 Å². The monoisotopic (exact) mass is 357 g/mol. The number of aromatic nitrogens is 1. The molecule has 1 aliphatic rings. The summed E-state index contributed by atoms with van der Waals surface area (Å²) in [4.78, 5) is 19.1. The second-order valence-electron chi connectivity index (χ2n) is 6.28. The summed E-state index contributed by atoms with van der Waals surface area (Å²) < 4.78 is 5.86. The van der Waals surface area contributed by atoms with E-state index in [0.717, 1.165) is 12.0 Å². The first kappa shape index (κ1) is 16.8. The Morgan fingerprint density at radius 2 is 1.85 bits per heavy atom. The van der Waals surface area contributed by atoms with Gasteiger partial charge in [-0.2, -0.15) is 0 Å². The van der Waals surface area contributed by atoms with Gasteiger partial charge in [0.15, 0.2) is 11.5 Å². The molecule has 1 amide bonds. The quantitative estimate of drug-likeness (QED) is 0.571. The number of carbonyl (C=O) groups excluding carboxylic acids is 1. The first-order valence-electron chi connectivity index (χ1n) is 8.76. The Bertz CT molecular complexity index is 985. The standard InChI is InChI=1S/C22H19N3O2/c23-17-9-10-20-19(14-17)25(13-11-16-6-2-1-3-7-16)22(26)21(27-20)15-18-8-4-5-12-24-18/h1-10,12,14-15H,11,13,23H2/b21-15+. The van der Waals surface area contributed by atoms with Gasteiger partial charge in [-0.15, -0.1) is 0 Å². The van der Waals surface area contributed by atoms with Gasteiger partial charge in [0.05, 0.1) is 11.4 Å². The lowest BCUT2D eigenvalue weighted by Crippen LogP contribution is -2.38. The highest BCUT2D eigenvalue weighted by molar-refractivity contribution is 6.10. The van der Waals surface area contributed by atoms with Crippen molar-refractivity contribution in [3.05, 3.63) is 89.9 Å². The Morgan fingerprint density at radius 3 is 2.63 bits per heavy atom. The molecule has 0 saturated carbocycles. The predicted molar refractivity (Wildman–Crippen MR) is 106 cm³/mol. The highest BCUT2D eigenvalue weighted by Gasteiger charge is 2.30. The van der Waals surface area contributed by atoms with Gasteiger partial charge >= 0.3 is 0 Å². The number of pyridine rings is 1. The fourth-order valence-electron chi connectivity index (χ4n) is 3.03. The number of nitrogens with two attached hydrogens (primary N) is 1. The van der Waals surface area contributed by atoms with E-state index in [0.29, 0.717) is 29.4 Å². The van der Waals surface area contributed by atoms with Gasteiger partial charge in [-0.05, 0) is 42.3 Å². The highest BCUT2D eigenvalue weighted by atomic mass is 16.5. The van der Waals surface area contributed by atoms with E-state index in [9.17, 15) is 4.79 Å². The van der Waals surface area contributed by atoms with Crippen LogP contribution in [0.4, 0.5) is 11.4 Å². The SMILES string of the molecule is Nc1ccc2c(c1)N(CCc1ccccc1)C(=O)/C(=C\c1ccccn1)O2. The largest absolute Gasteiger partial charge is 0.449 e. The molecule has 0 atom stereocenters. The lowest BCUT2D eigenvalue weighted by Gasteiger charge is -2.30. The number of hydrogen-bond acceptors (Lipinski definition) is 4. The molecule has 0 aliphatic carbocycles. The van der Waals surface area contributed by atoms with E-state index in [2.05, 4.69) is 17.1 Å². The zero-order valence-corrected chi connectivity index (χ0v) is 14.7. The minimum absolute atomic E-state index is 0.199. The zero-order valence-electron chi connectivity index (χ0n) is 14.7. The summed E-state index contributed by atoms with van der Waals surface area (Å²) in [5.41, 5.74) is 9.05. The Morgan fingerprint density at radius 1 is 1.04 bits per heavy atom.